The number of halogens is 2. The topological polar surface area (TPSA) is 58.2 Å². The van der Waals surface area contributed by atoms with Crippen LogP contribution >= 0.6 is 11.8 Å². The summed E-state index contributed by atoms with van der Waals surface area (Å²) in [7, 11) is 0. The Hall–Kier alpha value is -2.41. The maximum absolute atomic E-state index is 13.6. The zero-order valence-electron chi connectivity index (χ0n) is 12.9. The van der Waals surface area contributed by atoms with Gasteiger partial charge in [0.25, 0.3) is 0 Å². The van der Waals surface area contributed by atoms with Crippen LogP contribution in [0.2, 0.25) is 0 Å². The fraction of sp³-hybridized carbons (Fsp3) is 0.176. The highest BCUT2D eigenvalue weighted by molar-refractivity contribution is 8.00. The van der Waals surface area contributed by atoms with E-state index in [1.165, 1.54) is 6.92 Å². The minimum absolute atomic E-state index is 0.0161. The predicted octanol–water partition coefficient (Wildman–Crippen LogP) is 3.47. The second-order valence-electron chi connectivity index (χ2n) is 4.99. The highest BCUT2D eigenvalue weighted by atomic mass is 32.2. The molecule has 0 heterocycles. The third kappa shape index (κ3) is 5.34. The lowest BCUT2D eigenvalue weighted by molar-refractivity contribution is -0.119. The van der Waals surface area contributed by atoms with Crippen molar-refractivity contribution in [3.63, 3.8) is 0 Å². The van der Waals surface area contributed by atoms with Crippen molar-refractivity contribution < 1.29 is 18.4 Å². The normalized spacial score (nSPS) is 11.6. The summed E-state index contributed by atoms with van der Waals surface area (Å²) in [6.45, 7) is 1.79. The van der Waals surface area contributed by atoms with Crippen LogP contribution in [0, 0.1) is 11.6 Å². The average molecular weight is 350 g/mol. The van der Waals surface area contributed by atoms with E-state index in [2.05, 4.69) is 10.6 Å². The van der Waals surface area contributed by atoms with E-state index in [9.17, 15) is 18.4 Å². The number of carbonyl (C=O) groups is 2. The number of benzene rings is 2. The fourth-order valence-electron chi connectivity index (χ4n) is 1.85. The molecular weight excluding hydrogens is 334 g/mol. The van der Waals surface area contributed by atoms with Crippen molar-refractivity contribution in [1.29, 1.82) is 0 Å². The van der Waals surface area contributed by atoms with E-state index < -0.39 is 28.8 Å². The molecule has 0 radical (unpaired) electrons. The monoisotopic (exact) mass is 350 g/mol. The van der Waals surface area contributed by atoms with Crippen molar-refractivity contribution >= 4 is 23.7 Å². The second-order valence-corrected chi connectivity index (χ2v) is 6.37. The van der Waals surface area contributed by atoms with Crippen LogP contribution in [0.4, 0.5) is 13.6 Å². The zero-order chi connectivity index (χ0) is 17.5. The number of hydrogen-bond acceptors (Lipinski definition) is 3. The minimum atomic E-state index is -0.760. The molecule has 0 unspecified atom stereocenters. The van der Waals surface area contributed by atoms with Gasteiger partial charge in [0.15, 0.2) is 0 Å². The molecule has 0 bridgehead atoms. The maximum atomic E-state index is 13.6. The van der Waals surface area contributed by atoms with Crippen molar-refractivity contribution in [3.05, 3.63) is 65.7 Å². The average Bonchev–Trinajstić information content (AvgIpc) is 2.57. The van der Waals surface area contributed by atoms with E-state index in [0.717, 1.165) is 35.5 Å². The van der Waals surface area contributed by atoms with Gasteiger partial charge in [-0.05, 0) is 30.7 Å². The van der Waals surface area contributed by atoms with Gasteiger partial charge < -0.3 is 5.32 Å². The van der Waals surface area contributed by atoms with E-state index >= 15 is 0 Å². The molecule has 0 fully saturated rings. The van der Waals surface area contributed by atoms with Gasteiger partial charge in [-0.3, -0.25) is 10.1 Å². The quantitative estimate of drug-likeness (QED) is 0.812. The maximum Gasteiger partial charge on any atom is 0.321 e. The van der Waals surface area contributed by atoms with Gasteiger partial charge in [0, 0.05) is 11.4 Å². The van der Waals surface area contributed by atoms with Gasteiger partial charge in [-0.15, -0.1) is 11.8 Å². The molecule has 2 rings (SSSR count). The summed E-state index contributed by atoms with van der Waals surface area (Å²) >= 11 is 0.842. The van der Waals surface area contributed by atoms with Crippen molar-refractivity contribution in [2.24, 2.45) is 0 Å². The zero-order valence-corrected chi connectivity index (χ0v) is 13.7. The number of carbonyl (C=O) groups excluding carboxylic acids is 2. The Morgan fingerprint density at radius 3 is 2.54 bits per heavy atom. The highest BCUT2D eigenvalue weighted by Crippen LogP contribution is 2.26. The molecule has 0 spiro atoms. The first-order valence-electron chi connectivity index (χ1n) is 7.20. The lowest BCUT2D eigenvalue weighted by atomic mass is 10.2. The Bertz CT molecular complexity index is 726. The minimum Gasteiger partial charge on any atom is -0.334 e. The van der Waals surface area contributed by atoms with Crippen molar-refractivity contribution in [1.82, 2.24) is 10.6 Å². The number of urea groups is 1. The van der Waals surface area contributed by atoms with Gasteiger partial charge in [0.2, 0.25) is 5.91 Å². The molecule has 24 heavy (non-hydrogen) atoms. The smallest absolute Gasteiger partial charge is 0.321 e. The Morgan fingerprint density at radius 2 is 1.83 bits per heavy atom. The third-order valence-corrected chi connectivity index (χ3v) is 4.23. The molecule has 0 aliphatic heterocycles. The summed E-state index contributed by atoms with van der Waals surface area (Å²) in [5.41, 5.74) is 0.893. The van der Waals surface area contributed by atoms with Gasteiger partial charge in [0.1, 0.15) is 11.6 Å². The number of amides is 3. The molecule has 0 aliphatic rings. The number of hydrogen-bond donors (Lipinski definition) is 2. The number of imide groups is 1. The molecule has 2 aromatic rings. The summed E-state index contributed by atoms with van der Waals surface area (Å²) in [4.78, 5) is 23.7. The Balaban J connectivity index is 1.84. The molecule has 0 saturated heterocycles. The first kappa shape index (κ1) is 17.9. The van der Waals surface area contributed by atoms with Crippen molar-refractivity contribution in [3.8, 4) is 0 Å². The summed E-state index contributed by atoms with van der Waals surface area (Å²) in [6.07, 6.45) is 0. The molecule has 0 saturated carbocycles. The number of nitrogens with one attached hydrogen (secondary N) is 2. The van der Waals surface area contributed by atoms with Crippen LogP contribution in [0.3, 0.4) is 0 Å². The van der Waals surface area contributed by atoms with Crippen LogP contribution in [0.5, 0.6) is 0 Å². The number of thioether (sulfide) groups is 1. The Kier molecular flexibility index (Phi) is 6.31. The summed E-state index contributed by atoms with van der Waals surface area (Å²) in [6, 6.07) is 11.6. The predicted molar refractivity (Wildman–Crippen MR) is 88.5 cm³/mol. The van der Waals surface area contributed by atoms with Gasteiger partial charge >= 0.3 is 6.03 Å². The Labute approximate surface area is 142 Å². The van der Waals surface area contributed by atoms with E-state index in [4.69, 9.17) is 0 Å². The van der Waals surface area contributed by atoms with Gasteiger partial charge in [-0.25, -0.2) is 13.6 Å². The molecule has 1 atom stereocenters. The van der Waals surface area contributed by atoms with Crippen LogP contribution in [0.15, 0.2) is 53.4 Å². The van der Waals surface area contributed by atoms with Gasteiger partial charge in [-0.1, -0.05) is 30.3 Å². The van der Waals surface area contributed by atoms with Crippen molar-refractivity contribution in [2.45, 2.75) is 23.6 Å². The molecule has 4 nitrogen and oxygen atoms in total. The summed E-state index contributed by atoms with van der Waals surface area (Å²) < 4.78 is 26.7. The standard InChI is InChI=1S/C17H16F2N2O2S/c1-11(24-15-9-13(18)7-8-14(15)19)16(22)21-17(23)20-10-12-5-3-2-4-6-12/h2-9,11H,10H2,1H3,(H2,20,21,22,23)/t11-/m0/s1. The lowest BCUT2D eigenvalue weighted by Gasteiger charge is -2.12. The van der Waals surface area contributed by atoms with Crippen LogP contribution in [0.25, 0.3) is 0 Å². The highest BCUT2D eigenvalue weighted by Gasteiger charge is 2.19. The molecule has 3 amide bonds. The molecule has 0 aromatic heterocycles. The van der Waals surface area contributed by atoms with E-state index in [1.807, 2.05) is 30.3 Å². The van der Waals surface area contributed by atoms with Crippen LogP contribution < -0.4 is 10.6 Å². The van der Waals surface area contributed by atoms with Crippen LogP contribution in [-0.2, 0) is 11.3 Å². The third-order valence-electron chi connectivity index (χ3n) is 3.10. The van der Waals surface area contributed by atoms with E-state index in [0.29, 0.717) is 0 Å². The molecule has 2 aromatic carbocycles. The molecule has 2 N–H and O–H groups in total. The molecule has 126 valence electrons. The summed E-state index contributed by atoms with van der Waals surface area (Å²) in [5.74, 6) is -1.80. The van der Waals surface area contributed by atoms with Crippen molar-refractivity contribution in [2.75, 3.05) is 0 Å². The van der Waals surface area contributed by atoms with Gasteiger partial charge in [0.05, 0.1) is 5.25 Å². The SMILES string of the molecule is C[C@H](Sc1cc(F)ccc1F)C(=O)NC(=O)NCc1ccccc1. The van der Waals surface area contributed by atoms with Gasteiger partial charge in [-0.2, -0.15) is 0 Å². The van der Waals surface area contributed by atoms with Crippen LogP contribution in [0.1, 0.15) is 12.5 Å². The summed E-state index contributed by atoms with van der Waals surface area (Å²) in [5, 5.41) is 3.97. The first-order valence-corrected chi connectivity index (χ1v) is 8.08. The molecule has 7 heteroatoms. The first-order chi connectivity index (χ1) is 11.5. The second kappa shape index (κ2) is 8.44. The van der Waals surface area contributed by atoms with E-state index in [-0.39, 0.29) is 11.4 Å². The fourth-order valence-corrected chi connectivity index (χ4v) is 2.76. The largest absolute Gasteiger partial charge is 0.334 e. The Morgan fingerprint density at radius 1 is 1.12 bits per heavy atom. The van der Waals surface area contributed by atoms with E-state index in [1.54, 1.807) is 0 Å². The number of rotatable bonds is 5. The molecule has 0 aliphatic carbocycles. The van der Waals surface area contributed by atoms with Crippen LogP contribution in [-0.4, -0.2) is 17.2 Å². The molecular formula is C17H16F2N2O2S. The lowest BCUT2D eigenvalue weighted by Crippen LogP contribution is -2.42.